The quantitative estimate of drug-likeness (QED) is 0.720. The normalized spacial score (nSPS) is 15.6. The van der Waals surface area contributed by atoms with Gasteiger partial charge in [-0.3, -0.25) is 4.79 Å². The summed E-state index contributed by atoms with van der Waals surface area (Å²) in [6, 6.07) is 7.68. The Morgan fingerprint density at radius 3 is 2.52 bits per heavy atom. The highest BCUT2D eigenvalue weighted by atomic mass is 32.2. The lowest BCUT2D eigenvalue weighted by atomic mass is 9.97. The highest BCUT2D eigenvalue weighted by molar-refractivity contribution is 7.89. The summed E-state index contributed by atoms with van der Waals surface area (Å²) in [5.41, 5.74) is 5.83. The van der Waals surface area contributed by atoms with E-state index >= 15 is 0 Å². The number of anilines is 1. The van der Waals surface area contributed by atoms with E-state index in [1.54, 1.807) is 6.07 Å². The zero-order valence-corrected chi connectivity index (χ0v) is 16.4. The first-order valence-electron chi connectivity index (χ1n) is 8.76. The molecule has 0 bridgehead atoms. The minimum Gasteiger partial charge on any atom is -0.465 e. The molecule has 0 radical (unpaired) electrons. The molecule has 3 rings (SSSR count). The van der Waals surface area contributed by atoms with E-state index in [9.17, 15) is 18.0 Å². The molecule has 0 unspecified atom stereocenters. The van der Waals surface area contributed by atoms with Crippen LogP contribution in [0.1, 0.15) is 33.6 Å². The van der Waals surface area contributed by atoms with Gasteiger partial charge in [-0.25, -0.2) is 13.2 Å². The van der Waals surface area contributed by atoms with Gasteiger partial charge in [-0.2, -0.15) is 19.3 Å². The van der Waals surface area contributed by atoms with Crippen LogP contribution in [-0.2, 0) is 14.8 Å². The van der Waals surface area contributed by atoms with Gasteiger partial charge in [-0.05, 0) is 25.0 Å². The number of aromatic nitrogens is 2. The zero-order valence-electron chi connectivity index (χ0n) is 15.6. The Balaban J connectivity index is 1.77. The lowest BCUT2D eigenvalue weighted by Gasteiger charge is -2.30. The van der Waals surface area contributed by atoms with Crippen LogP contribution in [0.15, 0.2) is 35.4 Å². The maximum absolute atomic E-state index is 13.0. The van der Waals surface area contributed by atoms with Gasteiger partial charge >= 0.3 is 5.97 Å². The Morgan fingerprint density at radius 2 is 1.93 bits per heavy atom. The molecule has 11 heteroatoms. The van der Waals surface area contributed by atoms with Crippen molar-refractivity contribution in [3.05, 3.63) is 41.6 Å². The van der Waals surface area contributed by atoms with E-state index in [1.807, 2.05) is 6.07 Å². The molecule has 2 heterocycles. The van der Waals surface area contributed by atoms with Gasteiger partial charge in [0.2, 0.25) is 10.0 Å². The van der Waals surface area contributed by atoms with Crippen molar-refractivity contribution in [3.8, 4) is 6.07 Å². The number of carbonyl (C=O) groups excluding carboxylic acids is 2. The summed E-state index contributed by atoms with van der Waals surface area (Å²) in [4.78, 5) is 24.4. The van der Waals surface area contributed by atoms with Crippen LogP contribution in [0.3, 0.4) is 0 Å². The summed E-state index contributed by atoms with van der Waals surface area (Å²) < 4.78 is 33.0. The molecule has 0 atom stereocenters. The van der Waals surface area contributed by atoms with Gasteiger partial charge in [0.15, 0.2) is 0 Å². The van der Waals surface area contributed by atoms with E-state index in [1.165, 1.54) is 35.8 Å². The number of hydrogen-bond acceptors (Lipinski definition) is 8. The number of carbonyl (C=O) groups is 2. The topological polar surface area (TPSA) is 148 Å². The molecule has 0 aliphatic carbocycles. The van der Waals surface area contributed by atoms with E-state index in [0.29, 0.717) is 0 Å². The van der Waals surface area contributed by atoms with Crippen LogP contribution in [-0.4, -0.2) is 54.6 Å². The van der Waals surface area contributed by atoms with Gasteiger partial charge in [0, 0.05) is 19.0 Å². The maximum atomic E-state index is 13.0. The monoisotopic (exact) mass is 417 g/mol. The number of esters is 1. The molecular weight excluding hydrogens is 398 g/mol. The van der Waals surface area contributed by atoms with E-state index in [0.717, 1.165) is 4.68 Å². The molecule has 10 nitrogen and oxygen atoms in total. The van der Waals surface area contributed by atoms with Crippen molar-refractivity contribution in [2.45, 2.75) is 17.7 Å². The average Bonchev–Trinajstić information content (AvgIpc) is 3.13. The van der Waals surface area contributed by atoms with Gasteiger partial charge in [0.1, 0.15) is 17.5 Å². The van der Waals surface area contributed by atoms with E-state index < -0.39 is 21.9 Å². The maximum Gasteiger partial charge on any atom is 0.339 e. The Hall–Kier alpha value is -3.23. The van der Waals surface area contributed by atoms with Gasteiger partial charge in [0.25, 0.3) is 5.91 Å². The van der Waals surface area contributed by atoms with Crippen molar-refractivity contribution in [3.63, 3.8) is 0 Å². The largest absolute Gasteiger partial charge is 0.465 e. The number of ether oxygens (including phenoxy) is 1. The van der Waals surface area contributed by atoms with Gasteiger partial charge in [-0.15, -0.1) is 0 Å². The lowest BCUT2D eigenvalue weighted by Crippen LogP contribution is -2.41. The highest BCUT2D eigenvalue weighted by Gasteiger charge is 2.35. The van der Waals surface area contributed by atoms with E-state index in [4.69, 9.17) is 11.0 Å². The molecule has 1 fully saturated rings. The van der Waals surface area contributed by atoms with Crippen LogP contribution in [0.5, 0.6) is 0 Å². The van der Waals surface area contributed by atoms with Crippen molar-refractivity contribution in [1.29, 1.82) is 5.26 Å². The third-order valence-electron chi connectivity index (χ3n) is 4.85. The van der Waals surface area contributed by atoms with Crippen molar-refractivity contribution >= 4 is 27.7 Å². The number of nitrogens with zero attached hydrogens (tertiary/aromatic N) is 4. The molecule has 1 saturated heterocycles. The number of benzene rings is 1. The first kappa shape index (κ1) is 20.5. The minimum atomic E-state index is -3.94. The van der Waals surface area contributed by atoms with Crippen LogP contribution < -0.4 is 5.73 Å². The van der Waals surface area contributed by atoms with Crippen molar-refractivity contribution < 1.29 is 22.7 Å². The lowest BCUT2D eigenvalue weighted by molar-refractivity contribution is 0.0596. The summed E-state index contributed by atoms with van der Waals surface area (Å²) in [5.74, 6) is -1.63. The molecule has 1 aliphatic heterocycles. The number of nitrogen functional groups attached to an aromatic ring is 1. The predicted molar refractivity (Wildman–Crippen MR) is 101 cm³/mol. The molecule has 29 heavy (non-hydrogen) atoms. The fraction of sp³-hybridized carbons (Fsp3) is 0.333. The molecule has 152 valence electrons. The third kappa shape index (κ3) is 3.72. The van der Waals surface area contributed by atoms with E-state index in [2.05, 4.69) is 9.84 Å². The standard InChI is InChI=1S/C18H19N5O5S/c1-28-18(25)14-4-2-3-5-15(14)29(26,27)22-8-6-12(7-9-22)17(24)23-16(20)13(10-19)11-21-23/h2-5,11-12H,6-9,20H2,1H3. The van der Waals surface area contributed by atoms with Gasteiger partial charge in [-0.1, -0.05) is 12.1 Å². The van der Waals surface area contributed by atoms with Crippen LogP contribution >= 0.6 is 0 Å². The Morgan fingerprint density at radius 1 is 1.28 bits per heavy atom. The average molecular weight is 417 g/mol. The van der Waals surface area contributed by atoms with Crippen LogP contribution in [0.25, 0.3) is 0 Å². The number of sulfonamides is 1. The summed E-state index contributed by atoms with van der Waals surface area (Å²) >= 11 is 0. The number of rotatable bonds is 4. The minimum absolute atomic E-state index is 0.0282. The van der Waals surface area contributed by atoms with Crippen LogP contribution in [0.4, 0.5) is 5.82 Å². The first-order valence-corrected chi connectivity index (χ1v) is 10.2. The fourth-order valence-corrected chi connectivity index (χ4v) is 4.89. The zero-order chi connectivity index (χ0) is 21.2. The molecule has 1 aromatic heterocycles. The predicted octanol–water partition coefficient (Wildman–Crippen LogP) is 0.865. The van der Waals surface area contributed by atoms with Crippen molar-refractivity contribution in [1.82, 2.24) is 14.1 Å². The molecule has 1 aliphatic rings. The second-order valence-electron chi connectivity index (χ2n) is 6.47. The smallest absolute Gasteiger partial charge is 0.339 e. The second-order valence-corrected chi connectivity index (χ2v) is 8.38. The number of piperidine rings is 1. The Bertz CT molecular complexity index is 1090. The molecule has 2 N–H and O–H groups in total. The van der Waals surface area contributed by atoms with Crippen LogP contribution in [0, 0.1) is 17.2 Å². The van der Waals surface area contributed by atoms with Crippen molar-refractivity contribution in [2.75, 3.05) is 25.9 Å². The Labute approximate surface area is 167 Å². The first-order chi connectivity index (χ1) is 13.8. The van der Waals surface area contributed by atoms with Crippen LogP contribution in [0.2, 0.25) is 0 Å². The number of nitrogens with two attached hydrogens (primary N) is 1. The molecule has 0 spiro atoms. The Kier molecular flexibility index (Phi) is 5.67. The van der Waals surface area contributed by atoms with Gasteiger partial charge < -0.3 is 10.5 Å². The highest BCUT2D eigenvalue weighted by Crippen LogP contribution is 2.27. The molecule has 0 saturated carbocycles. The molecular formula is C18H19N5O5S. The van der Waals surface area contributed by atoms with Gasteiger partial charge in [0.05, 0.1) is 23.8 Å². The summed E-state index contributed by atoms with van der Waals surface area (Å²) in [5, 5.41) is 12.8. The SMILES string of the molecule is COC(=O)c1ccccc1S(=O)(=O)N1CCC(C(=O)n2ncc(C#N)c2N)CC1. The number of hydrogen-bond donors (Lipinski definition) is 1. The van der Waals surface area contributed by atoms with Crippen molar-refractivity contribution in [2.24, 2.45) is 5.92 Å². The number of nitriles is 1. The summed E-state index contributed by atoms with van der Waals surface area (Å²) in [6.45, 7) is 0.195. The molecule has 0 amide bonds. The summed E-state index contributed by atoms with van der Waals surface area (Å²) in [6.07, 6.45) is 1.75. The fourth-order valence-electron chi connectivity index (χ4n) is 3.24. The molecule has 1 aromatic carbocycles. The molecule has 2 aromatic rings. The van der Waals surface area contributed by atoms with E-state index in [-0.39, 0.29) is 53.7 Å². The number of methoxy groups -OCH3 is 1. The third-order valence-corrected chi connectivity index (χ3v) is 6.81. The summed E-state index contributed by atoms with van der Waals surface area (Å²) in [7, 11) is -2.76. The second kappa shape index (κ2) is 8.02.